The van der Waals surface area contributed by atoms with Gasteiger partial charge in [-0.25, -0.2) is 0 Å². The molecule has 3 aromatic rings. The van der Waals surface area contributed by atoms with Crippen LogP contribution in [0.5, 0.6) is 0 Å². The number of fused-ring (bicyclic) bond motifs is 6. The second-order valence-electron chi connectivity index (χ2n) is 8.18. The molecule has 2 aliphatic carbocycles. The van der Waals surface area contributed by atoms with E-state index in [2.05, 4.69) is 4.98 Å². The molecular formula is C21H18N2O4S2. The summed E-state index contributed by atoms with van der Waals surface area (Å²) in [6, 6.07) is 10.4. The summed E-state index contributed by atoms with van der Waals surface area (Å²) in [5.41, 5.74) is 0.885. The standard InChI is InChI=1S/C21H18N2O4S2/c24-21-22-20-19(29-21)17(16-11-1-2-12(9-11)18(16)28-20)15-8-7-14(27-15)10-3-5-13(6-4-10)23(25)26/h3-8,11-12,16-18H,1-2,9H2,(H,22,24)/t11-,12-,16+,17-,18+/m0/s1. The molecule has 0 spiro atoms. The van der Waals surface area contributed by atoms with Crippen molar-refractivity contribution < 1.29 is 9.34 Å². The third-order valence-corrected chi connectivity index (χ3v) is 9.38. The van der Waals surface area contributed by atoms with E-state index in [1.54, 1.807) is 12.1 Å². The lowest BCUT2D eigenvalue weighted by Crippen LogP contribution is -2.33. The average Bonchev–Trinajstić information content (AvgIpc) is 3.49. The van der Waals surface area contributed by atoms with Gasteiger partial charge < -0.3 is 9.40 Å². The van der Waals surface area contributed by atoms with Gasteiger partial charge in [-0.05, 0) is 61.3 Å². The van der Waals surface area contributed by atoms with Crippen LogP contribution in [0.3, 0.4) is 0 Å². The Morgan fingerprint density at radius 3 is 2.69 bits per heavy atom. The van der Waals surface area contributed by atoms with Gasteiger partial charge in [-0.2, -0.15) is 0 Å². The molecule has 2 aromatic heterocycles. The van der Waals surface area contributed by atoms with Gasteiger partial charge in [-0.15, -0.1) is 11.8 Å². The van der Waals surface area contributed by atoms with Crippen LogP contribution >= 0.6 is 23.1 Å². The molecule has 5 atom stereocenters. The smallest absolute Gasteiger partial charge is 0.305 e. The zero-order chi connectivity index (χ0) is 19.7. The molecule has 1 aliphatic heterocycles. The van der Waals surface area contributed by atoms with E-state index in [1.807, 2.05) is 23.9 Å². The number of aromatic nitrogens is 1. The number of thioether (sulfide) groups is 1. The second-order valence-corrected chi connectivity index (χ2v) is 10.4. The first-order chi connectivity index (χ1) is 14.1. The maximum atomic E-state index is 12.1. The van der Waals surface area contributed by atoms with Crippen molar-refractivity contribution in [1.29, 1.82) is 0 Å². The molecule has 29 heavy (non-hydrogen) atoms. The van der Waals surface area contributed by atoms with Crippen LogP contribution in [0.1, 0.15) is 35.8 Å². The zero-order valence-electron chi connectivity index (χ0n) is 15.4. The maximum Gasteiger partial charge on any atom is 0.305 e. The zero-order valence-corrected chi connectivity index (χ0v) is 17.0. The van der Waals surface area contributed by atoms with E-state index in [9.17, 15) is 14.9 Å². The SMILES string of the molecule is O=c1[nH]c2c(s1)[C@@H](c1ccc(-c3ccc([N+](=O)[O-])cc3)o1)[C@H]1[C@H]3CC[C@@H](C3)[C@H]1S2. The normalized spacial score (nSPS) is 29.6. The minimum Gasteiger partial charge on any atom is -0.460 e. The number of non-ortho nitro benzene ring substituents is 1. The van der Waals surface area contributed by atoms with Gasteiger partial charge in [0.1, 0.15) is 11.5 Å². The Bertz CT molecular complexity index is 1160. The predicted octanol–water partition coefficient (Wildman–Crippen LogP) is 5.26. The van der Waals surface area contributed by atoms with E-state index in [0.29, 0.717) is 22.8 Å². The first-order valence-corrected chi connectivity index (χ1v) is 11.5. The number of hydrogen-bond acceptors (Lipinski definition) is 6. The third kappa shape index (κ3) is 2.65. The molecule has 2 bridgehead atoms. The molecule has 1 N–H and O–H groups in total. The van der Waals surface area contributed by atoms with Crippen molar-refractivity contribution in [3.8, 4) is 11.3 Å². The summed E-state index contributed by atoms with van der Waals surface area (Å²) >= 11 is 3.18. The fourth-order valence-electron chi connectivity index (χ4n) is 5.59. The highest BCUT2D eigenvalue weighted by atomic mass is 32.2. The lowest BCUT2D eigenvalue weighted by atomic mass is 9.77. The van der Waals surface area contributed by atoms with Crippen LogP contribution < -0.4 is 4.87 Å². The van der Waals surface area contributed by atoms with E-state index in [0.717, 1.165) is 27.1 Å². The van der Waals surface area contributed by atoms with Crippen LogP contribution in [0.25, 0.3) is 11.3 Å². The van der Waals surface area contributed by atoms with E-state index < -0.39 is 4.92 Å². The highest BCUT2D eigenvalue weighted by Crippen LogP contribution is 2.63. The summed E-state index contributed by atoms with van der Waals surface area (Å²) < 4.78 is 6.30. The number of nitrogens with one attached hydrogen (secondary N) is 1. The molecule has 0 radical (unpaired) electrons. The molecule has 148 valence electrons. The number of nitro groups is 1. The van der Waals surface area contributed by atoms with Crippen LogP contribution in [0.2, 0.25) is 0 Å². The molecule has 6 rings (SSSR count). The van der Waals surface area contributed by atoms with Crippen molar-refractivity contribution >= 4 is 28.8 Å². The molecule has 3 aliphatic rings. The summed E-state index contributed by atoms with van der Waals surface area (Å²) in [7, 11) is 0. The number of benzene rings is 1. The minimum atomic E-state index is -0.401. The Balaban J connectivity index is 1.41. The quantitative estimate of drug-likeness (QED) is 0.456. The molecule has 0 amide bonds. The van der Waals surface area contributed by atoms with Crippen molar-refractivity contribution in [2.75, 3.05) is 0 Å². The van der Waals surface area contributed by atoms with Gasteiger partial charge >= 0.3 is 4.87 Å². The summed E-state index contributed by atoms with van der Waals surface area (Å²) in [6.07, 6.45) is 3.85. The van der Waals surface area contributed by atoms with E-state index in [1.165, 1.54) is 42.7 Å². The number of furan rings is 1. The Labute approximate surface area is 174 Å². The third-order valence-electron chi connectivity index (χ3n) is 6.76. The Kier molecular flexibility index (Phi) is 3.83. The average molecular weight is 427 g/mol. The number of hydrogen-bond donors (Lipinski definition) is 1. The Morgan fingerprint density at radius 2 is 1.90 bits per heavy atom. The molecule has 3 heterocycles. The summed E-state index contributed by atoms with van der Waals surface area (Å²) in [5, 5.41) is 12.5. The molecule has 0 unspecified atom stereocenters. The monoisotopic (exact) mass is 426 g/mol. The van der Waals surface area contributed by atoms with Crippen LogP contribution in [0.4, 0.5) is 5.69 Å². The lowest BCUT2D eigenvalue weighted by Gasteiger charge is -2.38. The van der Waals surface area contributed by atoms with Crippen molar-refractivity contribution in [1.82, 2.24) is 4.98 Å². The highest BCUT2D eigenvalue weighted by Gasteiger charge is 2.55. The van der Waals surface area contributed by atoms with Gasteiger partial charge in [-0.3, -0.25) is 14.9 Å². The number of nitro benzene ring substituents is 1. The molecule has 1 aromatic carbocycles. The second kappa shape index (κ2) is 6.34. The van der Waals surface area contributed by atoms with Crippen LogP contribution in [0, 0.1) is 27.9 Å². The van der Waals surface area contributed by atoms with Crippen molar-refractivity contribution in [2.24, 2.45) is 17.8 Å². The highest BCUT2D eigenvalue weighted by molar-refractivity contribution is 8.00. The van der Waals surface area contributed by atoms with Gasteiger partial charge in [-0.1, -0.05) is 11.3 Å². The molecule has 2 fully saturated rings. The fourth-order valence-corrected chi connectivity index (χ4v) is 8.46. The molecule has 6 nitrogen and oxygen atoms in total. The van der Waals surface area contributed by atoms with Crippen LogP contribution in [-0.2, 0) is 0 Å². The van der Waals surface area contributed by atoms with Gasteiger partial charge in [0.05, 0.1) is 20.7 Å². The summed E-state index contributed by atoms with van der Waals surface area (Å²) in [5.74, 6) is 3.66. The van der Waals surface area contributed by atoms with Gasteiger partial charge in [0.2, 0.25) is 0 Å². The molecule has 2 saturated carbocycles. The minimum absolute atomic E-state index is 0.00182. The number of nitrogens with zero attached hydrogens (tertiary/aromatic N) is 1. The first kappa shape index (κ1) is 17.5. The number of thiazole rings is 1. The van der Waals surface area contributed by atoms with Gasteiger partial charge in [0, 0.05) is 22.9 Å². The predicted molar refractivity (Wildman–Crippen MR) is 112 cm³/mol. The van der Waals surface area contributed by atoms with Gasteiger partial charge in [0.25, 0.3) is 5.69 Å². The van der Waals surface area contributed by atoms with E-state index in [4.69, 9.17) is 4.42 Å². The van der Waals surface area contributed by atoms with Crippen molar-refractivity contribution in [3.05, 3.63) is 66.8 Å². The number of rotatable bonds is 3. The van der Waals surface area contributed by atoms with Crippen LogP contribution in [0.15, 0.2) is 50.6 Å². The van der Waals surface area contributed by atoms with Crippen molar-refractivity contribution in [2.45, 2.75) is 35.5 Å². The molecule has 8 heteroatoms. The van der Waals surface area contributed by atoms with Gasteiger partial charge in [0.15, 0.2) is 0 Å². The lowest BCUT2D eigenvalue weighted by molar-refractivity contribution is -0.384. The van der Waals surface area contributed by atoms with E-state index in [-0.39, 0.29) is 16.5 Å². The fraction of sp³-hybridized carbons (Fsp3) is 0.381. The largest absolute Gasteiger partial charge is 0.460 e. The molecule has 0 saturated heterocycles. The van der Waals surface area contributed by atoms with Crippen molar-refractivity contribution in [3.63, 3.8) is 0 Å². The summed E-state index contributed by atoms with van der Waals surface area (Å²) in [4.78, 5) is 26.8. The molecular weight excluding hydrogens is 408 g/mol. The Morgan fingerprint density at radius 1 is 1.10 bits per heavy atom. The topological polar surface area (TPSA) is 89.1 Å². The maximum absolute atomic E-state index is 12.1. The summed E-state index contributed by atoms with van der Waals surface area (Å²) in [6.45, 7) is 0. The Hall–Kier alpha value is -2.32. The first-order valence-electron chi connectivity index (χ1n) is 9.82. The van der Waals surface area contributed by atoms with Crippen LogP contribution in [-0.4, -0.2) is 15.2 Å². The number of aromatic amines is 1. The van der Waals surface area contributed by atoms with E-state index >= 15 is 0 Å². The number of H-pyrrole nitrogens is 1.